The van der Waals surface area contributed by atoms with E-state index in [2.05, 4.69) is 0 Å². The number of ether oxygens (including phenoxy) is 1. The molecule has 0 aliphatic rings. The summed E-state index contributed by atoms with van der Waals surface area (Å²) < 4.78 is 5.24. The summed E-state index contributed by atoms with van der Waals surface area (Å²) in [6.45, 7) is -0.181. The predicted octanol–water partition coefficient (Wildman–Crippen LogP) is 2.79. The van der Waals surface area contributed by atoms with Crippen molar-refractivity contribution in [2.45, 2.75) is 6.42 Å². The van der Waals surface area contributed by atoms with Gasteiger partial charge in [-0.1, -0.05) is 42.5 Å². The molecule has 0 fully saturated rings. The SMILES string of the molecule is O=C(COc1ccccc1[N+](=O)[O-])Cc1ccccc1. The zero-order chi connectivity index (χ0) is 14.4. The third-order valence-corrected chi connectivity index (χ3v) is 2.69. The maximum atomic E-state index is 11.8. The molecule has 102 valence electrons. The van der Waals surface area contributed by atoms with E-state index in [1.54, 1.807) is 12.1 Å². The second-order valence-corrected chi connectivity index (χ2v) is 4.21. The standard InChI is InChI=1S/C15H13NO4/c17-13(10-12-6-2-1-3-7-12)11-20-15-9-5-4-8-14(15)16(18)19/h1-9H,10-11H2. The predicted molar refractivity (Wildman–Crippen MR) is 73.7 cm³/mol. The number of rotatable bonds is 6. The van der Waals surface area contributed by atoms with Gasteiger partial charge < -0.3 is 4.74 Å². The highest BCUT2D eigenvalue weighted by atomic mass is 16.6. The molecule has 0 bridgehead atoms. The molecule has 20 heavy (non-hydrogen) atoms. The fourth-order valence-electron chi connectivity index (χ4n) is 1.76. The van der Waals surface area contributed by atoms with E-state index in [-0.39, 0.29) is 30.2 Å². The lowest BCUT2D eigenvalue weighted by Crippen LogP contribution is -2.14. The minimum atomic E-state index is -0.531. The molecule has 2 aromatic carbocycles. The van der Waals surface area contributed by atoms with Gasteiger partial charge in [0.25, 0.3) is 0 Å². The van der Waals surface area contributed by atoms with Gasteiger partial charge in [0, 0.05) is 12.5 Å². The van der Waals surface area contributed by atoms with Gasteiger partial charge in [-0.15, -0.1) is 0 Å². The molecule has 0 saturated heterocycles. The van der Waals surface area contributed by atoms with E-state index < -0.39 is 4.92 Å². The van der Waals surface area contributed by atoms with Gasteiger partial charge in [0.05, 0.1) is 4.92 Å². The van der Waals surface area contributed by atoms with Gasteiger partial charge >= 0.3 is 5.69 Å². The number of nitro benzene ring substituents is 1. The molecule has 0 radical (unpaired) electrons. The van der Waals surface area contributed by atoms with E-state index in [1.165, 1.54) is 12.1 Å². The summed E-state index contributed by atoms with van der Waals surface area (Å²) in [7, 11) is 0. The largest absolute Gasteiger partial charge is 0.479 e. The van der Waals surface area contributed by atoms with Crippen molar-refractivity contribution in [3.63, 3.8) is 0 Å². The second kappa shape index (κ2) is 6.47. The average molecular weight is 271 g/mol. The molecule has 2 aromatic rings. The van der Waals surface area contributed by atoms with E-state index >= 15 is 0 Å². The highest BCUT2D eigenvalue weighted by Crippen LogP contribution is 2.25. The maximum absolute atomic E-state index is 11.8. The van der Waals surface area contributed by atoms with E-state index in [1.807, 2.05) is 30.3 Å². The molecule has 0 aliphatic heterocycles. The second-order valence-electron chi connectivity index (χ2n) is 4.21. The number of ketones is 1. The summed E-state index contributed by atoms with van der Waals surface area (Å²) in [6.07, 6.45) is 0.251. The Hall–Kier alpha value is -2.69. The van der Waals surface area contributed by atoms with E-state index in [9.17, 15) is 14.9 Å². The minimum Gasteiger partial charge on any atom is -0.479 e. The zero-order valence-electron chi connectivity index (χ0n) is 10.7. The van der Waals surface area contributed by atoms with Gasteiger partial charge in [0.1, 0.15) is 6.61 Å². The number of hydrogen-bond donors (Lipinski definition) is 0. The quantitative estimate of drug-likeness (QED) is 0.598. The van der Waals surface area contributed by atoms with Gasteiger partial charge in [-0.05, 0) is 11.6 Å². The van der Waals surface area contributed by atoms with Crippen molar-refractivity contribution < 1.29 is 14.5 Å². The third kappa shape index (κ3) is 3.65. The van der Waals surface area contributed by atoms with Crippen molar-refractivity contribution in [3.8, 4) is 5.75 Å². The number of nitro groups is 1. The van der Waals surface area contributed by atoms with Crippen LogP contribution in [0.1, 0.15) is 5.56 Å². The summed E-state index contributed by atoms with van der Waals surface area (Å²) >= 11 is 0. The molecule has 5 heteroatoms. The van der Waals surface area contributed by atoms with Crippen LogP contribution in [0.3, 0.4) is 0 Å². The minimum absolute atomic E-state index is 0.110. The topological polar surface area (TPSA) is 69.4 Å². The van der Waals surface area contributed by atoms with Crippen molar-refractivity contribution >= 4 is 11.5 Å². The molecular weight excluding hydrogens is 258 g/mol. The molecule has 0 saturated carbocycles. The van der Waals surface area contributed by atoms with Crippen LogP contribution in [-0.2, 0) is 11.2 Å². The highest BCUT2D eigenvalue weighted by Gasteiger charge is 2.14. The van der Waals surface area contributed by atoms with Gasteiger partial charge in [-0.3, -0.25) is 14.9 Å². The molecule has 0 spiro atoms. The number of Topliss-reactive ketones (excluding diaryl/α,β-unsaturated/α-hetero) is 1. The molecule has 0 heterocycles. The van der Waals surface area contributed by atoms with Gasteiger partial charge in [0.2, 0.25) is 0 Å². The third-order valence-electron chi connectivity index (χ3n) is 2.69. The number of carbonyl (C=O) groups excluding carboxylic acids is 1. The summed E-state index contributed by atoms with van der Waals surface area (Å²) in [5.74, 6) is -0.0201. The molecule has 0 aromatic heterocycles. The molecule has 0 atom stereocenters. The molecule has 0 aliphatic carbocycles. The normalized spacial score (nSPS) is 10.0. The van der Waals surface area contributed by atoms with Crippen LogP contribution in [0.5, 0.6) is 5.75 Å². The lowest BCUT2D eigenvalue weighted by atomic mass is 10.1. The van der Waals surface area contributed by atoms with Crippen molar-refractivity contribution in [2.75, 3.05) is 6.61 Å². The van der Waals surface area contributed by atoms with Crippen LogP contribution in [0.15, 0.2) is 54.6 Å². The Morgan fingerprint density at radius 3 is 2.40 bits per heavy atom. The smallest absolute Gasteiger partial charge is 0.310 e. The molecule has 2 rings (SSSR count). The number of para-hydroxylation sites is 2. The van der Waals surface area contributed by atoms with Crippen molar-refractivity contribution in [1.29, 1.82) is 0 Å². The number of benzene rings is 2. The summed E-state index contributed by atoms with van der Waals surface area (Å²) in [6, 6.07) is 15.3. The Bertz CT molecular complexity index is 610. The number of carbonyl (C=O) groups is 1. The van der Waals surface area contributed by atoms with Gasteiger partial charge in [0.15, 0.2) is 11.5 Å². The van der Waals surface area contributed by atoms with Crippen LogP contribution in [0.25, 0.3) is 0 Å². The van der Waals surface area contributed by atoms with Crippen LogP contribution < -0.4 is 4.74 Å². The van der Waals surface area contributed by atoms with Crippen molar-refractivity contribution in [1.82, 2.24) is 0 Å². The van der Waals surface area contributed by atoms with Gasteiger partial charge in [-0.25, -0.2) is 0 Å². The Morgan fingerprint density at radius 2 is 1.70 bits per heavy atom. The average Bonchev–Trinajstić information content (AvgIpc) is 2.46. The number of nitrogens with zero attached hydrogens (tertiary/aromatic N) is 1. The Balaban J connectivity index is 1.96. The molecule has 5 nitrogen and oxygen atoms in total. The zero-order valence-corrected chi connectivity index (χ0v) is 10.7. The first-order valence-corrected chi connectivity index (χ1v) is 6.08. The van der Waals surface area contributed by atoms with Crippen LogP contribution in [0.2, 0.25) is 0 Å². The van der Waals surface area contributed by atoms with Crippen LogP contribution >= 0.6 is 0 Å². The first-order valence-electron chi connectivity index (χ1n) is 6.08. The van der Waals surface area contributed by atoms with E-state index in [4.69, 9.17) is 4.74 Å². The molecular formula is C15H13NO4. The maximum Gasteiger partial charge on any atom is 0.310 e. The number of hydrogen-bond acceptors (Lipinski definition) is 4. The lowest BCUT2D eigenvalue weighted by Gasteiger charge is -2.06. The van der Waals surface area contributed by atoms with E-state index in [0.717, 1.165) is 5.56 Å². The summed E-state index contributed by atoms with van der Waals surface area (Å²) in [4.78, 5) is 22.0. The van der Waals surface area contributed by atoms with Crippen molar-refractivity contribution in [2.24, 2.45) is 0 Å². The molecule has 0 N–H and O–H groups in total. The molecule has 0 amide bonds. The summed E-state index contributed by atoms with van der Waals surface area (Å²) in [5.41, 5.74) is 0.753. The monoisotopic (exact) mass is 271 g/mol. The van der Waals surface area contributed by atoms with Crippen molar-refractivity contribution in [3.05, 3.63) is 70.3 Å². The fourth-order valence-corrected chi connectivity index (χ4v) is 1.76. The highest BCUT2D eigenvalue weighted by molar-refractivity contribution is 5.82. The Kier molecular flexibility index (Phi) is 4.44. The van der Waals surface area contributed by atoms with Crippen LogP contribution in [-0.4, -0.2) is 17.3 Å². The lowest BCUT2D eigenvalue weighted by molar-refractivity contribution is -0.385. The Labute approximate surface area is 116 Å². The van der Waals surface area contributed by atoms with E-state index in [0.29, 0.717) is 0 Å². The molecule has 0 unspecified atom stereocenters. The van der Waals surface area contributed by atoms with Crippen LogP contribution in [0, 0.1) is 10.1 Å². The first kappa shape index (κ1) is 13.7. The fraction of sp³-hybridized carbons (Fsp3) is 0.133. The first-order chi connectivity index (χ1) is 9.66. The van der Waals surface area contributed by atoms with Gasteiger partial charge in [-0.2, -0.15) is 0 Å². The van der Waals surface area contributed by atoms with Crippen LogP contribution in [0.4, 0.5) is 5.69 Å². The Morgan fingerprint density at radius 1 is 1.05 bits per heavy atom. The summed E-state index contributed by atoms with van der Waals surface area (Å²) in [5, 5.41) is 10.8.